The Kier molecular flexibility index (Phi) is 5.02. The highest BCUT2D eigenvalue weighted by Gasteiger charge is 2.11. The molecule has 1 aliphatic rings. The van der Waals surface area contributed by atoms with Crippen molar-refractivity contribution in [3.05, 3.63) is 29.8 Å². The van der Waals surface area contributed by atoms with Gasteiger partial charge in [-0.25, -0.2) is 0 Å². The number of nitrogens with zero attached hydrogens (tertiary/aromatic N) is 1. The van der Waals surface area contributed by atoms with E-state index < -0.39 is 6.10 Å². The molecule has 1 aromatic rings. The van der Waals surface area contributed by atoms with Gasteiger partial charge in [0.05, 0.1) is 6.10 Å². The van der Waals surface area contributed by atoms with Gasteiger partial charge in [-0.3, -0.25) is 0 Å². The predicted octanol–water partition coefficient (Wildman–Crippen LogP) is 2.32. The van der Waals surface area contributed by atoms with Crippen LogP contribution in [0.15, 0.2) is 24.3 Å². The van der Waals surface area contributed by atoms with Crippen LogP contribution in [-0.4, -0.2) is 31.8 Å². The first-order valence-electron chi connectivity index (χ1n) is 6.99. The highest BCUT2D eigenvalue weighted by molar-refractivity contribution is 5.48. The van der Waals surface area contributed by atoms with Gasteiger partial charge in [0.15, 0.2) is 0 Å². The van der Waals surface area contributed by atoms with Gasteiger partial charge in [-0.1, -0.05) is 25.0 Å². The summed E-state index contributed by atoms with van der Waals surface area (Å²) < 4.78 is 0. The van der Waals surface area contributed by atoms with Crippen molar-refractivity contribution >= 4 is 5.69 Å². The van der Waals surface area contributed by atoms with Gasteiger partial charge in [-0.05, 0) is 37.6 Å². The first-order valence-corrected chi connectivity index (χ1v) is 6.99. The number of aliphatic hydroxyl groups is 1. The molecule has 1 fully saturated rings. The molecule has 0 spiro atoms. The lowest BCUT2D eigenvalue weighted by molar-refractivity contribution is 0.178. The van der Waals surface area contributed by atoms with Crippen LogP contribution in [0.2, 0.25) is 0 Å². The molecule has 100 valence electrons. The van der Waals surface area contributed by atoms with Crippen LogP contribution >= 0.6 is 0 Å². The number of likely N-dealkylation sites (N-methyl/N-ethyl adjacent to an activating group) is 1. The molecule has 2 N–H and O–H groups in total. The number of aliphatic hydroxyl groups excluding tert-OH is 1. The van der Waals surface area contributed by atoms with E-state index in [2.05, 4.69) is 22.3 Å². The molecular formula is C15H24N2O. The van der Waals surface area contributed by atoms with Crippen LogP contribution < -0.4 is 10.2 Å². The molecular weight excluding hydrogens is 224 g/mol. The van der Waals surface area contributed by atoms with Crippen LogP contribution in [0.1, 0.15) is 37.4 Å². The highest BCUT2D eigenvalue weighted by atomic mass is 16.3. The van der Waals surface area contributed by atoms with Gasteiger partial charge in [-0.2, -0.15) is 0 Å². The molecule has 1 heterocycles. The van der Waals surface area contributed by atoms with Crippen molar-refractivity contribution < 1.29 is 5.11 Å². The minimum Gasteiger partial charge on any atom is -0.387 e. The van der Waals surface area contributed by atoms with Crippen LogP contribution in [0, 0.1) is 0 Å². The molecule has 1 saturated heterocycles. The summed E-state index contributed by atoms with van der Waals surface area (Å²) in [4.78, 5) is 2.46. The SMILES string of the molecule is CNCC(O)c1ccc(N2CCCCCC2)cc1. The van der Waals surface area contributed by atoms with E-state index in [-0.39, 0.29) is 0 Å². The molecule has 0 amide bonds. The fourth-order valence-electron chi connectivity index (χ4n) is 2.55. The number of anilines is 1. The Morgan fingerprint density at radius 3 is 2.28 bits per heavy atom. The summed E-state index contributed by atoms with van der Waals surface area (Å²) in [6.45, 7) is 2.93. The lowest BCUT2D eigenvalue weighted by atomic mass is 10.1. The Bertz CT molecular complexity index is 342. The molecule has 0 bridgehead atoms. The van der Waals surface area contributed by atoms with E-state index in [0.717, 1.165) is 5.56 Å². The topological polar surface area (TPSA) is 35.5 Å². The first-order chi connectivity index (χ1) is 8.81. The maximum absolute atomic E-state index is 9.89. The van der Waals surface area contributed by atoms with Gasteiger partial charge in [0.25, 0.3) is 0 Å². The van der Waals surface area contributed by atoms with Crippen LogP contribution in [0.3, 0.4) is 0 Å². The van der Waals surface area contributed by atoms with Crippen molar-refractivity contribution in [2.45, 2.75) is 31.8 Å². The maximum atomic E-state index is 9.89. The minimum absolute atomic E-state index is 0.409. The summed E-state index contributed by atoms with van der Waals surface area (Å²) in [5.74, 6) is 0. The van der Waals surface area contributed by atoms with Crippen molar-refractivity contribution in [3.63, 3.8) is 0 Å². The summed E-state index contributed by atoms with van der Waals surface area (Å²) in [5, 5.41) is 12.9. The zero-order valence-electron chi connectivity index (χ0n) is 11.2. The van der Waals surface area contributed by atoms with Gasteiger partial charge in [0.1, 0.15) is 0 Å². The molecule has 1 unspecified atom stereocenters. The summed E-state index contributed by atoms with van der Waals surface area (Å²) >= 11 is 0. The maximum Gasteiger partial charge on any atom is 0.0914 e. The lowest BCUT2D eigenvalue weighted by Gasteiger charge is -2.23. The molecule has 0 aliphatic carbocycles. The van der Waals surface area contributed by atoms with Gasteiger partial charge in [0.2, 0.25) is 0 Å². The van der Waals surface area contributed by atoms with E-state index in [9.17, 15) is 5.11 Å². The minimum atomic E-state index is -0.409. The van der Waals surface area contributed by atoms with Crippen LogP contribution in [0.25, 0.3) is 0 Å². The van der Waals surface area contributed by atoms with Gasteiger partial charge in [-0.15, -0.1) is 0 Å². The smallest absolute Gasteiger partial charge is 0.0914 e. The molecule has 1 aromatic carbocycles. The van der Waals surface area contributed by atoms with Crippen molar-refractivity contribution in [2.75, 3.05) is 31.6 Å². The quantitative estimate of drug-likeness (QED) is 0.858. The number of benzene rings is 1. The summed E-state index contributed by atoms with van der Waals surface area (Å²) in [6, 6.07) is 8.36. The average molecular weight is 248 g/mol. The van der Waals surface area contributed by atoms with Crippen molar-refractivity contribution in [2.24, 2.45) is 0 Å². The summed E-state index contributed by atoms with van der Waals surface area (Å²) in [5.41, 5.74) is 2.28. The standard InChI is InChI=1S/C15H24N2O/c1-16-12-15(18)13-6-8-14(9-7-13)17-10-4-2-3-5-11-17/h6-9,15-16,18H,2-5,10-12H2,1H3. The third kappa shape index (κ3) is 3.47. The van der Waals surface area contributed by atoms with Crippen LogP contribution in [0.5, 0.6) is 0 Å². The Labute approximate surface area is 110 Å². The average Bonchev–Trinajstić information content (AvgIpc) is 2.68. The van der Waals surface area contributed by atoms with E-state index in [1.165, 1.54) is 44.5 Å². The molecule has 2 rings (SSSR count). The molecule has 0 radical (unpaired) electrons. The molecule has 18 heavy (non-hydrogen) atoms. The second-order valence-corrected chi connectivity index (χ2v) is 5.07. The van der Waals surface area contributed by atoms with Crippen molar-refractivity contribution in [1.82, 2.24) is 5.32 Å². The number of rotatable bonds is 4. The van der Waals surface area contributed by atoms with Gasteiger partial charge in [0, 0.05) is 25.3 Å². The molecule has 0 saturated carbocycles. The van der Waals surface area contributed by atoms with Crippen LogP contribution in [0.4, 0.5) is 5.69 Å². The molecule has 1 aliphatic heterocycles. The van der Waals surface area contributed by atoms with Crippen LogP contribution in [-0.2, 0) is 0 Å². The second-order valence-electron chi connectivity index (χ2n) is 5.07. The zero-order chi connectivity index (χ0) is 12.8. The van der Waals surface area contributed by atoms with Gasteiger partial charge < -0.3 is 15.3 Å². The number of hydrogen-bond donors (Lipinski definition) is 2. The molecule has 3 nitrogen and oxygen atoms in total. The van der Waals surface area contributed by atoms with E-state index in [1.807, 2.05) is 19.2 Å². The fraction of sp³-hybridized carbons (Fsp3) is 0.600. The zero-order valence-corrected chi connectivity index (χ0v) is 11.2. The van der Waals surface area contributed by atoms with E-state index >= 15 is 0 Å². The number of hydrogen-bond acceptors (Lipinski definition) is 3. The predicted molar refractivity (Wildman–Crippen MR) is 76.0 cm³/mol. The third-order valence-corrected chi connectivity index (χ3v) is 3.65. The Morgan fingerprint density at radius 1 is 1.11 bits per heavy atom. The third-order valence-electron chi connectivity index (χ3n) is 3.65. The lowest BCUT2D eigenvalue weighted by Crippen LogP contribution is -2.23. The van der Waals surface area contributed by atoms with Gasteiger partial charge >= 0.3 is 0 Å². The Balaban J connectivity index is 2.01. The molecule has 0 aromatic heterocycles. The molecule has 1 atom stereocenters. The van der Waals surface area contributed by atoms with E-state index in [1.54, 1.807) is 0 Å². The van der Waals surface area contributed by atoms with E-state index in [0.29, 0.717) is 6.54 Å². The Hall–Kier alpha value is -1.06. The Morgan fingerprint density at radius 2 is 1.72 bits per heavy atom. The number of nitrogens with one attached hydrogen (secondary N) is 1. The van der Waals surface area contributed by atoms with Crippen molar-refractivity contribution in [3.8, 4) is 0 Å². The molecule has 3 heteroatoms. The van der Waals surface area contributed by atoms with E-state index in [4.69, 9.17) is 0 Å². The largest absolute Gasteiger partial charge is 0.387 e. The summed E-state index contributed by atoms with van der Waals surface area (Å²) in [6.07, 6.45) is 4.90. The first kappa shape index (κ1) is 13.4. The van der Waals surface area contributed by atoms with Crippen molar-refractivity contribution in [1.29, 1.82) is 0 Å². The fourth-order valence-corrected chi connectivity index (χ4v) is 2.55. The second kappa shape index (κ2) is 6.76. The highest BCUT2D eigenvalue weighted by Crippen LogP contribution is 2.22. The summed E-state index contributed by atoms with van der Waals surface area (Å²) in [7, 11) is 1.86. The normalized spacial score (nSPS) is 18.4. The monoisotopic (exact) mass is 248 g/mol.